The van der Waals surface area contributed by atoms with Gasteiger partial charge in [-0.25, -0.2) is 0 Å². The molecule has 21 heavy (non-hydrogen) atoms. The van der Waals surface area contributed by atoms with E-state index >= 15 is 0 Å². The minimum Gasteiger partial charge on any atom is -0.376 e. The van der Waals surface area contributed by atoms with Crippen LogP contribution in [0, 0.1) is 11.8 Å². The molecule has 0 saturated heterocycles. The van der Waals surface area contributed by atoms with Gasteiger partial charge in [-0.2, -0.15) is 0 Å². The third-order valence-corrected chi connectivity index (χ3v) is 4.45. The normalized spacial score (nSPS) is 24.2. The van der Waals surface area contributed by atoms with Crippen LogP contribution in [-0.4, -0.2) is 12.7 Å². The summed E-state index contributed by atoms with van der Waals surface area (Å²) in [5.41, 5.74) is 8.85. The van der Waals surface area contributed by atoms with Gasteiger partial charge in [-0.05, 0) is 42.2 Å². The molecule has 0 radical (unpaired) electrons. The van der Waals surface area contributed by atoms with Crippen molar-refractivity contribution in [3.8, 4) is 0 Å². The Hall–Kier alpha value is -0.860. The lowest BCUT2D eigenvalue weighted by Crippen LogP contribution is -2.26. The van der Waals surface area contributed by atoms with Crippen LogP contribution in [0.15, 0.2) is 24.3 Å². The van der Waals surface area contributed by atoms with Gasteiger partial charge in [0.1, 0.15) is 0 Å². The van der Waals surface area contributed by atoms with Crippen molar-refractivity contribution in [3.63, 3.8) is 0 Å². The van der Waals surface area contributed by atoms with Crippen molar-refractivity contribution in [2.45, 2.75) is 65.0 Å². The van der Waals surface area contributed by atoms with Gasteiger partial charge in [-0.3, -0.25) is 0 Å². The van der Waals surface area contributed by atoms with Crippen LogP contribution in [0.3, 0.4) is 0 Å². The molecule has 1 fully saturated rings. The molecule has 2 heteroatoms. The molecule has 0 aromatic heterocycles. The summed E-state index contributed by atoms with van der Waals surface area (Å²) >= 11 is 0. The molecule has 3 unspecified atom stereocenters. The fourth-order valence-electron chi connectivity index (χ4n) is 3.24. The van der Waals surface area contributed by atoms with Crippen LogP contribution >= 0.6 is 0 Å². The van der Waals surface area contributed by atoms with E-state index in [1.165, 1.54) is 36.8 Å². The van der Waals surface area contributed by atoms with Crippen molar-refractivity contribution in [1.29, 1.82) is 0 Å². The Labute approximate surface area is 130 Å². The molecule has 1 aromatic rings. The van der Waals surface area contributed by atoms with Crippen molar-refractivity contribution in [2.24, 2.45) is 17.6 Å². The topological polar surface area (TPSA) is 35.2 Å². The van der Waals surface area contributed by atoms with Crippen LogP contribution in [0.2, 0.25) is 0 Å². The summed E-state index contributed by atoms with van der Waals surface area (Å²) in [4.78, 5) is 0. The molecule has 2 nitrogen and oxygen atoms in total. The van der Waals surface area contributed by atoms with E-state index in [1.54, 1.807) is 0 Å². The predicted molar refractivity (Wildman–Crippen MR) is 89.3 cm³/mol. The van der Waals surface area contributed by atoms with Crippen molar-refractivity contribution >= 4 is 0 Å². The molecule has 118 valence electrons. The number of rotatable bonds is 6. The highest BCUT2D eigenvalue weighted by molar-refractivity contribution is 5.25. The molecule has 0 spiro atoms. The number of hydrogen-bond donors (Lipinski definition) is 1. The van der Waals surface area contributed by atoms with E-state index in [4.69, 9.17) is 10.5 Å². The zero-order chi connectivity index (χ0) is 15.2. The van der Waals surface area contributed by atoms with Crippen LogP contribution in [0.1, 0.15) is 63.6 Å². The summed E-state index contributed by atoms with van der Waals surface area (Å²) in [5.74, 6) is 1.50. The maximum atomic E-state index is 6.27. The van der Waals surface area contributed by atoms with Crippen molar-refractivity contribution in [3.05, 3.63) is 35.4 Å². The average molecular weight is 289 g/mol. The lowest BCUT2D eigenvalue weighted by atomic mass is 9.89. The Morgan fingerprint density at radius 2 is 1.90 bits per heavy atom. The lowest BCUT2D eigenvalue weighted by Gasteiger charge is -2.28. The van der Waals surface area contributed by atoms with Gasteiger partial charge < -0.3 is 10.5 Å². The quantitative estimate of drug-likeness (QED) is 0.838. The minimum atomic E-state index is -0.00432. The molecular formula is C19H31NO. The lowest BCUT2D eigenvalue weighted by molar-refractivity contribution is 0.00851. The number of nitrogens with two attached hydrogens (primary N) is 1. The SMILES string of the molecule is CC(C)Cc1ccc(C(N)COC2CCCC(C)C2)cc1. The van der Waals surface area contributed by atoms with Gasteiger partial charge in [0.2, 0.25) is 0 Å². The van der Waals surface area contributed by atoms with Crippen molar-refractivity contribution < 1.29 is 4.74 Å². The van der Waals surface area contributed by atoms with Gasteiger partial charge in [0.05, 0.1) is 18.8 Å². The molecule has 0 aliphatic heterocycles. The predicted octanol–water partition coefficient (Wildman–Crippen LogP) is 4.48. The molecule has 2 N–H and O–H groups in total. The smallest absolute Gasteiger partial charge is 0.0663 e. The monoisotopic (exact) mass is 289 g/mol. The van der Waals surface area contributed by atoms with Crippen LogP contribution in [-0.2, 0) is 11.2 Å². The second-order valence-corrected chi connectivity index (χ2v) is 7.17. The van der Waals surface area contributed by atoms with Gasteiger partial charge in [0.15, 0.2) is 0 Å². The van der Waals surface area contributed by atoms with Crippen LogP contribution < -0.4 is 5.73 Å². The Morgan fingerprint density at radius 3 is 2.52 bits per heavy atom. The number of benzene rings is 1. The molecule has 1 aliphatic rings. The second kappa shape index (κ2) is 7.95. The van der Waals surface area contributed by atoms with E-state index in [0.29, 0.717) is 18.6 Å². The molecule has 1 aromatic carbocycles. The molecule has 0 bridgehead atoms. The second-order valence-electron chi connectivity index (χ2n) is 7.17. The van der Waals surface area contributed by atoms with Crippen molar-refractivity contribution in [2.75, 3.05) is 6.61 Å². The van der Waals surface area contributed by atoms with Crippen LogP contribution in [0.25, 0.3) is 0 Å². The summed E-state index contributed by atoms with van der Waals surface area (Å²) in [6.07, 6.45) is 6.59. The number of hydrogen-bond acceptors (Lipinski definition) is 2. The molecule has 0 heterocycles. The van der Waals surface area contributed by atoms with Gasteiger partial charge in [-0.1, -0.05) is 57.9 Å². The van der Waals surface area contributed by atoms with Crippen LogP contribution in [0.4, 0.5) is 0 Å². The van der Waals surface area contributed by atoms with E-state index < -0.39 is 0 Å². The average Bonchev–Trinajstić information content (AvgIpc) is 2.45. The first-order valence-corrected chi connectivity index (χ1v) is 8.50. The molecule has 1 saturated carbocycles. The Morgan fingerprint density at radius 1 is 1.19 bits per heavy atom. The van der Waals surface area contributed by atoms with E-state index in [0.717, 1.165) is 12.3 Å². The third kappa shape index (κ3) is 5.44. The van der Waals surface area contributed by atoms with Gasteiger partial charge in [-0.15, -0.1) is 0 Å². The largest absolute Gasteiger partial charge is 0.376 e. The molecule has 0 amide bonds. The molecule has 3 atom stereocenters. The zero-order valence-electron chi connectivity index (χ0n) is 13.8. The van der Waals surface area contributed by atoms with E-state index in [2.05, 4.69) is 45.0 Å². The summed E-state index contributed by atoms with van der Waals surface area (Å²) in [6.45, 7) is 7.46. The maximum absolute atomic E-state index is 6.27. The highest BCUT2D eigenvalue weighted by Crippen LogP contribution is 2.26. The van der Waals surface area contributed by atoms with E-state index in [-0.39, 0.29) is 6.04 Å². The highest BCUT2D eigenvalue weighted by atomic mass is 16.5. The minimum absolute atomic E-state index is 0.00432. The first-order valence-electron chi connectivity index (χ1n) is 8.50. The van der Waals surface area contributed by atoms with Crippen molar-refractivity contribution in [1.82, 2.24) is 0 Å². The maximum Gasteiger partial charge on any atom is 0.0663 e. The first-order chi connectivity index (χ1) is 10.0. The first kappa shape index (κ1) is 16.5. The highest BCUT2D eigenvalue weighted by Gasteiger charge is 2.20. The standard InChI is InChI=1S/C19H31NO/c1-14(2)11-16-7-9-17(10-8-16)19(20)13-21-18-6-4-5-15(3)12-18/h7-10,14-15,18-19H,4-6,11-13,20H2,1-3H3. The van der Waals surface area contributed by atoms with Crippen LogP contribution in [0.5, 0.6) is 0 Å². The summed E-state index contributed by atoms with van der Waals surface area (Å²) in [6, 6.07) is 8.73. The zero-order valence-corrected chi connectivity index (χ0v) is 13.8. The fraction of sp³-hybridized carbons (Fsp3) is 0.684. The Balaban J connectivity index is 1.81. The van der Waals surface area contributed by atoms with Gasteiger partial charge in [0.25, 0.3) is 0 Å². The molecule has 1 aliphatic carbocycles. The summed E-state index contributed by atoms with van der Waals surface area (Å²) in [7, 11) is 0. The van der Waals surface area contributed by atoms with E-state index in [1.807, 2.05) is 0 Å². The molecular weight excluding hydrogens is 258 g/mol. The summed E-state index contributed by atoms with van der Waals surface area (Å²) in [5, 5.41) is 0. The summed E-state index contributed by atoms with van der Waals surface area (Å²) < 4.78 is 6.04. The third-order valence-electron chi connectivity index (χ3n) is 4.45. The molecule has 2 rings (SSSR count). The Bertz CT molecular complexity index is 412. The fourth-order valence-corrected chi connectivity index (χ4v) is 3.24. The number of ether oxygens (including phenoxy) is 1. The Kier molecular flexibility index (Phi) is 6.25. The van der Waals surface area contributed by atoms with E-state index in [9.17, 15) is 0 Å². The van der Waals surface area contributed by atoms with Gasteiger partial charge >= 0.3 is 0 Å². The van der Waals surface area contributed by atoms with Gasteiger partial charge in [0, 0.05) is 0 Å².